The quantitative estimate of drug-likeness (QED) is 0.899. The lowest BCUT2D eigenvalue weighted by atomic mass is 9.93. The Balaban J connectivity index is 0.00000147. The van der Waals surface area contributed by atoms with Gasteiger partial charge in [0.1, 0.15) is 0 Å². The molecule has 20 heavy (non-hydrogen) atoms. The van der Waals surface area contributed by atoms with E-state index < -0.39 is 0 Å². The van der Waals surface area contributed by atoms with E-state index in [1.165, 1.54) is 5.56 Å². The van der Waals surface area contributed by atoms with Crippen LogP contribution >= 0.6 is 12.4 Å². The third-order valence-corrected chi connectivity index (χ3v) is 4.59. The van der Waals surface area contributed by atoms with Crippen LogP contribution in [0, 0.1) is 0 Å². The smallest absolute Gasteiger partial charge is 0.230 e. The number of hydrogen-bond donors (Lipinski definition) is 2. The van der Waals surface area contributed by atoms with Crippen LogP contribution in [0.5, 0.6) is 0 Å². The van der Waals surface area contributed by atoms with Crippen LogP contribution in [0.15, 0.2) is 30.3 Å². The van der Waals surface area contributed by atoms with Crippen molar-refractivity contribution < 1.29 is 4.79 Å². The largest absolute Gasteiger partial charge is 0.351 e. The molecule has 0 spiro atoms. The SMILES string of the molecule is CC1NCCCC1NC(=O)C1(c2ccccc2)CC1.Cl. The molecule has 2 aliphatic rings. The maximum absolute atomic E-state index is 12.6. The van der Waals surface area contributed by atoms with Gasteiger partial charge in [-0.05, 0) is 44.7 Å². The Morgan fingerprint density at radius 3 is 2.60 bits per heavy atom. The molecule has 2 N–H and O–H groups in total. The zero-order chi connectivity index (χ0) is 13.3. The van der Waals surface area contributed by atoms with Gasteiger partial charge in [-0.25, -0.2) is 0 Å². The highest BCUT2D eigenvalue weighted by molar-refractivity contribution is 5.91. The lowest BCUT2D eigenvalue weighted by molar-refractivity contribution is -0.124. The maximum atomic E-state index is 12.6. The van der Waals surface area contributed by atoms with Gasteiger partial charge in [-0.2, -0.15) is 0 Å². The molecule has 3 nitrogen and oxygen atoms in total. The van der Waals surface area contributed by atoms with Crippen LogP contribution in [0.4, 0.5) is 0 Å². The normalized spacial score (nSPS) is 27.2. The van der Waals surface area contributed by atoms with Gasteiger partial charge in [0.2, 0.25) is 5.91 Å². The standard InChI is InChI=1S/C16H22N2O.ClH/c1-12-14(8-5-11-17-12)18-15(19)16(9-10-16)13-6-3-2-4-7-13;/h2-4,6-7,12,14,17H,5,8-11H2,1H3,(H,18,19);1H. The highest BCUT2D eigenvalue weighted by Crippen LogP contribution is 2.48. The zero-order valence-corrected chi connectivity index (χ0v) is 12.7. The first-order valence-corrected chi connectivity index (χ1v) is 7.32. The Bertz CT molecular complexity index is 459. The van der Waals surface area contributed by atoms with Gasteiger partial charge >= 0.3 is 0 Å². The van der Waals surface area contributed by atoms with Gasteiger partial charge in [-0.3, -0.25) is 4.79 Å². The Morgan fingerprint density at radius 1 is 1.30 bits per heavy atom. The van der Waals surface area contributed by atoms with Gasteiger partial charge in [0.25, 0.3) is 0 Å². The summed E-state index contributed by atoms with van der Waals surface area (Å²) in [6.07, 6.45) is 4.20. The first kappa shape index (κ1) is 15.3. The molecule has 1 heterocycles. The molecular formula is C16H23ClN2O. The molecule has 1 aliphatic carbocycles. The number of benzene rings is 1. The average molecular weight is 295 g/mol. The van der Waals surface area contributed by atoms with E-state index in [4.69, 9.17) is 0 Å². The minimum atomic E-state index is -0.238. The van der Waals surface area contributed by atoms with Gasteiger partial charge in [0, 0.05) is 12.1 Å². The molecule has 0 aromatic heterocycles. The Morgan fingerprint density at radius 2 is 2.00 bits per heavy atom. The van der Waals surface area contributed by atoms with Crippen molar-refractivity contribution in [3.05, 3.63) is 35.9 Å². The number of nitrogens with one attached hydrogen (secondary N) is 2. The second-order valence-electron chi connectivity index (χ2n) is 5.91. The predicted octanol–water partition coefficient (Wildman–Crippen LogP) is 2.40. The van der Waals surface area contributed by atoms with Crippen LogP contribution in [0.1, 0.15) is 38.2 Å². The van der Waals surface area contributed by atoms with E-state index >= 15 is 0 Å². The molecule has 2 unspecified atom stereocenters. The minimum absolute atomic E-state index is 0. The fourth-order valence-corrected chi connectivity index (χ4v) is 3.08. The molecule has 3 rings (SSSR count). The number of piperidine rings is 1. The van der Waals surface area contributed by atoms with Crippen molar-refractivity contribution in [2.75, 3.05) is 6.54 Å². The van der Waals surface area contributed by atoms with Crippen molar-refractivity contribution in [1.82, 2.24) is 10.6 Å². The summed E-state index contributed by atoms with van der Waals surface area (Å²) in [5, 5.41) is 6.70. The molecule has 1 saturated heterocycles. The number of rotatable bonds is 3. The summed E-state index contributed by atoms with van der Waals surface area (Å²) < 4.78 is 0. The van der Waals surface area contributed by atoms with Crippen LogP contribution in [-0.4, -0.2) is 24.5 Å². The fraction of sp³-hybridized carbons (Fsp3) is 0.562. The molecule has 2 atom stereocenters. The van der Waals surface area contributed by atoms with E-state index in [9.17, 15) is 4.79 Å². The first-order valence-electron chi connectivity index (χ1n) is 7.32. The second kappa shape index (κ2) is 6.15. The summed E-state index contributed by atoms with van der Waals surface area (Å²) in [5.74, 6) is 0.222. The third-order valence-electron chi connectivity index (χ3n) is 4.59. The molecule has 1 amide bonds. The lowest BCUT2D eigenvalue weighted by Crippen LogP contribution is -2.53. The van der Waals surface area contributed by atoms with Crippen molar-refractivity contribution >= 4 is 18.3 Å². The summed E-state index contributed by atoms with van der Waals surface area (Å²) in [7, 11) is 0. The summed E-state index contributed by atoms with van der Waals surface area (Å²) in [6.45, 7) is 3.23. The molecule has 0 radical (unpaired) electrons. The second-order valence-corrected chi connectivity index (χ2v) is 5.91. The van der Waals surface area contributed by atoms with Crippen molar-refractivity contribution in [2.45, 2.75) is 50.1 Å². The number of amides is 1. The number of halogens is 1. The van der Waals surface area contributed by atoms with Crippen molar-refractivity contribution in [3.8, 4) is 0 Å². The van der Waals surface area contributed by atoms with E-state index in [-0.39, 0.29) is 29.8 Å². The van der Waals surface area contributed by atoms with Gasteiger partial charge in [0.05, 0.1) is 5.41 Å². The molecule has 1 saturated carbocycles. The highest BCUT2D eigenvalue weighted by Gasteiger charge is 2.51. The summed E-state index contributed by atoms with van der Waals surface area (Å²) in [6, 6.07) is 10.9. The molecule has 110 valence electrons. The molecule has 1 aromatic carbocycles. The topological polar surface area (TPSA) is 41.1 Å². The molecule has 2 fully saturated rings. The van der Waals surface area contributed by atoms with Gasteiger partial charge in [-0.1, -0.05) is 30.3 Å². The van der Waals surface area contributed by atoms with Crippen LogP contribution in [-0.2, 0) is 10.2 Å². The number of carbonyl (C=O) groups excluding carboxylic acids is 1. The monoisotopic (exact) mass is 294 g/mol. The molecule has 0 bridgehead atoms. The fourth-order valence-electron chi connectivity index (χ4n) is 3.08. The van der Waals surface area contributed by atoms with Crippen LogP contribution in [0.25, 0.3) is 0 Å². The molecular weight excluding hydrogens is 272 g/mol. The third kappa shape index (κ3) is 2.84. The average Bonchev–Trinajstić information content (AvgIpc) is 3.24. The van der Waals surface area contributed by atoms with E-state index in [1.807, 2.05) is 18.2 Å². The predicted molar refractivity (Wildman–Crippen MR) is 83.2 cm³/mol. The minimum Gasteiger partial charge on any atom is -0.351 e. The molecule has 1 aliphatic heterocycles. The van der Waals surface area contributed by atoms with Crippen molar-refractivity contribution in [2.24, 2.45) is 0 Å². The van der Waals surface area contributed by atoms with Crippen LogP contribution in [0.3, 0.4) is 0 Å². The van der Waals surface area contributed by atoms with Gasteiger partial charge in [0.15, 0.2) is 0 Å². The maximum Gasteiger partial charge on any atom is 0.230 e. The summed E-state index contributed by atoms with van der Waals surface area (Å²) in [5.41, 5.74) is 0.933. The highest BCUT2D eigenvalue weighted by atomic mass is 35.5. The van der Waals surface area contributed by atoms with Crippen LogP contribution < -0.4 is 10.6 Å². The van der Waals surface area contributed by atoms with Gasteiger partial charge < -0.3 is 10.6 Å². The summed E-state index contributed by atoms with van der Waals surface area (Å²) in [4.78, 5) is 12.6. The molecule has 4 heteroatoms. The number of hydrogen-bond acceptors (Lipinski definition) is 2. The van der Waals surface area contributed by atoms with E-state index in [1.54, 1.807) is 0 Å². The molecule has 1 aromatic rings. The van der Waals surface area contributed by atoms with E-state index in [0.29, 0.717) is 6.04 Å². The first-order chi connectivity index (χ1) is 9.22. The van der Waals surface area contributed by atoms with Crippen molar-refractivity contribution in [3.63, 3.8) is 0 Å². The Hall–Kier alpha value is -1.06. The van der Waals surface area contributed by atoms with Gasteiger partial charge in [-0.15, -0.1) is 12.4 Å². The van der Waals surface area contributed by atoms with E-state index in [0.717, 1.165) is 32.2 Å². The van der Waals surface area contributed by atoms with Crippen LogP contribution in [0.2, 0.25) is 0 Å². The lowest BCUT2D eigenvalue weighted by Gasteiger charge is -2.32. The number of carbonyl (C=O) groups is 1. The summed E-state index contributed by atoms with van der Waals surface area (Å²) >= 11 is 0. The Labute approximate surface area is 126 Å². The van der Waals surface area contributed by atoms with Crippen molar-refractivity contribution in [1.29, 1.82) is 0 Å². The zero-order valence-electron chi connectivity index (χ0n) is 11.9. The van der Waals surface area contributed by atoms with E-state index in [2.05, 4.69) is 29.7 Å². The Kier molecular flexibility index (Phi) is 4.71.